The second-order valence-electron chi connectivity index (χ2n) is 8.79. The Morgan fingerprint density at radius 3 is 2.63 bits per heavy atom. The molecule has 0 aromatic rings. The van der Waals surface area contributed by atoms with Gasteiger partial charge in [-0.1, -0.05) is 30.2 Å². The van der Waals surface area contributed by atoms with E-state index in [4.69, 9.17) is 11.6 Å². The lowest BCUT2D eigenvalue weighted by atomic mass is 9.47. The van der Waals surface area contributed by atoms with E-state index >= 15 is 0 Å². The molecule has 6 atom stereocenters. The summed E-state index contributed by atoms with van der Waals surface area (Å²) in [6.45, 7) is 2.08. The number of carbonyl (C=O) groups excluding carboxylic acids is 1. The minimum atomic E-state index is -4.54. The van der Waals surface area contributed by atoms with Crippen molar-refractivity contribution in [3.8, 4) is 0 Å². The van der Waals surface area contributed by atoms with Crippen LogP contribution in [0.3, 0.4) is 0 Å². The quantitative estimate of drug-likeness (QED) is 0.624. The zero-order valence-electron chi connectivity index (χ0n) is 15.5. The summed E-state index contributed by atoms with van der Waals surface area (Å²) in [5.41, 5.74) is -0.740. The van der Waals surface area contributed by atoms with E-state index in [9.17, 15) is 23.1 Å². The topological polar surface area (TPSA) is 37.3 Å². The fraction of sp³-hybridized carbons (Fsp3) is 0.762. The highest BCUT2D eigenvalue weighted by Crippen LogP contribution is 2.62. The van der Waals surface area contributed by atoms with Gasteiger partial charge in [0.05, 0.1) is 11.7 Å². The third kappa shape index (κ3) is 2.83. The van der Waals surface area contributed by atoms with Gasteiger partial charge in [0.2, 0.25) is 0 Å². The second kappa shape index (κ2) is 6.62. The van der Waals surface area contributed by atoms with Gasteiger partial charge in [0.25, 0.3) is 0 Å². The molecule has 27 heavy (non-hydrogen) atoms. The summed E-state index contributed by atoms with van der Waals surface area (Å²) in [6.07, 6.45) is 1.49. The minimum absolute atomic E-state index is 0.00414. The summed E-state index contributed by atoms with van der Waals surface area (Å²) >= 11 is 6.27. The first kappa shape index (κ1) is 19.5. The number of carbonyl (C=O) groups is 1. The van der Waals surface area contributed by atoms with Crippen LogP contribution in [0.2, 0.25) is 0 Å². The van der Waals surface area contributed by atoms with Crippen LogP contribution in [0.1, 0.15) is 58.3 Å². The predicted molar refractivity (Wildman–Crippen MR) is 97.0 cm³/mol. The molecule has 0 radical (unpaired) electrons. The molecule has 0 aromatic carbocycles. The maximum absolute atomic E-state index is 13.5. The van der Waals surface area contributed by atoms with Crippen LogP contribution in [0.4, 0.5) is 13.2 Å². The van der Waals surface area contributed by atoms with Crippen LogP contribution in [0, 0.1) is 29.1 Å². The molecule has 0 aromatic heterocycles. The van der Waals surface area contributed by atoms with Crippen molar-refractivity contribution in [2.45, 2.75) is 70.6 Å². The van der Waals surface area contributed by atoms with Crippen molar-refractivity contribution in [1.82, 2.24) is 0 Å². The summed E-state index contributed by atoms with van der Waals surface area (Å²) in [7, 11) is 0. The van der Waals surface area contributed by atoms with Crippen LogP contribution in [-0.4, -0.2) is 23.2 Å². The third-order valence-electron chi connectivity index (χ3n) is 8.06. The van der Waals surface area contributed by atoms with Gasteiger partial charge in [-0.15, -0.1) is 0 Å². The van der Waals surface area contributed by atoms with Crippen LogP contribution in [0.25, 0.3) is 0 Å². The maximum Gasteiger partial charge on any atom is 0.419 e. The van der Waals surface area contributed by atoms with Gasteiger partial charge in [-0.25, -0.2) is 0 Å². The van der Waals surface area contributed by atoms with Gasteiger partial charge < -0.3 is 5.11 Å². The molecule has 0 amide bonds. The number of halogens is 4. The number of ketones is 1. The Balaban J connectivity index is 1.71. The van der Waals surface area contributed by atoms with E-state index in [1.54, 1.807) is 0 Å². The number of hydrogen-bond donors (Lipinski definition) is 1. The SMILES string of the molecule is CCC12CC[C@H]3[C@@H](CCC4=C(C(F)(F)F)C(=O)CC[C@@H]43)[C@@H]1CC=C(Cl)[C@@H]2O. The molecule has 0 saturated heterocycles. The average molecular weight is 403 g/mol. The highest BCUT2D eigenvalue weighted by atomic mass is 35.5. The van der Waals surface area contributed by atoms with Crippen LogP contribution in [0.5, 0.6) is 0 Å². The molecule has 4 aliphatic rings. The summed E-state index contributed by atoms with van der Waals surface area (Å²) in [6, 6.07) is 0. The minimum Gasteiger partial charge on any atom is -0.387 e. The van der Waals surface area contributed by atoms with Crippen LogP contribution in [0.15, 0.2) is 22.3 Å². The molecule has 1 N–H and O–H groups in total. The molecule has 6 heteroatoms. The van der Waals surface area contributed by atoms with Gasteiger partial charge >= 0.3 is 6.18 Å². The first-order valence-corrected chi connectivity index (χ1v) is 10.5. The Labute approximate surface area is 162 Å². The van der Waals surface area contributed by atoms with Gasteiger partial charge in [0.1, 0.15) is 0 Å². The largest absolute Gasteiger partial charge is 0.419 e. The van der Waals surface area contributed by atoms with E-state index < -0.39 is 23.6 Å². The van der Waals surface area contributed by atoms with Crippen molar-refractivity contribution < 1.29 is 23.1 Å². The number of Topliss-reactive ketones (excluding diaryl/α,β-unsaturated/α-hetero) is 1. The van der Waals surface area contributed by atoms with Gasteiger partial charge in [-0.2, -0.15) is 13.2 Å². The lowest BCUT2D eigenvalue weighted by Gasteiger charge is -2.58. The predicted octanol–water partition coefficient (Wildman–Crippen LogP) is 5.54. The number of alkyl halides is 3. The molecular formula is C21H26ClF3O2. The highest BCUT2D eigenvalue weighted by Gasteiger charge is 2.57. The number of aliphatic hydroxyl groups is 1. The van der Waals surface area contributed by atoms with E-state index in [0.717, 1.165) is 25.7 Å². The Hall–Kier alpha value is -0.810. The van der Waals surface area contributed by atoms with Gasteiger partial charge in [-0.05, 0) is 68.6 Å². The lowest BCUT2D eigenvalue weighted by molar-refractivity contribution is -0.133. The molecule has 4 aliphatic carbocycles. The van der Waals surface area contributed by atoms with Crippen molar-refractivity contribution in [2.24, 2.45) is 29.1 Å². The maximum atomic E-state index is 13.5. The number of rotatable bonds is 1. The Bertz CT molecular complexity index is 711. The fourth-order valence-corrected chi connectivity index (χ4v) is 7.18. The van der Waals surface area contributed by atoms with Crippen molar-refractivity contribution in [1.29, 1.82) is 0 Å². The van der Waals surface area contributed by atoms with Crippen molar-refractivity contribution in [2.75, 3.05) is 0 Å². The molecule has 4 rings (SSSR count). The summed E-state index contributed by atoms with van der Waals surface area (Å²) in [4.78, 5) is 12.0. The molecule has 1 unspecified atom stereocenters. The van der Waals surface area contributed by atoms with E-state index in [2.05, 4.69) is 6.92 Å². The zero-order valence-corrected chi connectivity index (χ0v) is 16.2. The van der Waals surface area contributed by atoms with Crippen LogP contribution in [-0.2, 0) is 4.79 Å². The van der Waals surface area contributed by atoms with E-state index in [1.807, 2.05) is 6.08 Å². The Morgan fingerprint density at radius 2 is 1.96 bits per heavy atom. The van der Waals surface area contributed by atoms with Crippen molar-refractivity contribution >= 4 is 17.4 Å². The molecule has 0 heterocycles. The zero-order chi connectivity index (χ0) is 19.6. The molecule has 0 spiro atoms. The average Bonchev–Trinajstić information content (AvgIpc) is 2.62. The molecular weight excluding hydrogens is 377 g/mol. The second-order valence-corrected chi connectivity index (χ2v) is 9.23. The van der Waals surface area contributed by atoms with E-state index in [0.29, 0.717) is 35.8 Å². The molecule has 2 saturated carbocycles. The lowest BCUT2D eigenvalue weighted by Crippen LogP contribution is -2.54. The molecule has 0 aliphatic heterocycles. The van der Waals surface area contributed by atoms with E-state index in [1.165, 1.54) is 0 Å². The summed E-state index contributed by atoms with van der Waals surface area (Å²) in [5.74, 6) is -0.125. The first-order valence-electron chi connectivity index (χ1n) is 10.1. The van der Waals surface area contributed by atoms with Crippen molar-refractivity contribution in [3.05, 3.63) is 22.3 Å². The molecule has 2 nitrogen and oxygen atoms in total. The molecule has 150 valence electrons. The monoisotopic (exact) mass is 402 g/mol. The van der Waals surface area contributed by atoms with Gasteiger partial charge in [0, 0.05) is 16.9 Å². The Morgan fingerprint density at radius 1 is 1.22 bits per heavy atom. The standard InChI is InChI=1S/C21H26ClF3O2/c1-2-20-10-9-12-11-5-8-17(26)18(21(23,24)25)14(11)4-3-13(12)15(20)6-7-16(22)19(20)27/h7,11-13,15,19,27H,2-6,8-10H2,1H3/t11-,12-,13-,15+,19+,20?/m1/s1. The normalized spacial score (nSPS) is 42.2. The van der Waals surface area contributed by atoms with Crippen LogP contribution < -0.4 is 0 Å². The van der Waals surface area contributed by atoms with Gasteiger partial charge in [-0.3, -0.25) is 4.79 Å². The van der Waals surface area contributed by atoms with Crippen molar-refractivity contribution in [3.63, 3.8) is 0 Å². The summed E-state index contributed by atoms with van der Waals surface area (Å²) < 4.78 is 40.6. The number of fused-ring (bicyclic) bond motifs is 5. The number of aliphatic hydroxyl groups excluding tert-OH is 1. The van der Waals surface area contributed by atoms with Crippen LogP contribution >= 0.6 is 11.6 Å². The fourth-order valence-electron chi connectivity index (χ4n) is 6.88. The first-order chi connectivity index (χ1) is 12.7. The smallest absolute Gasteiger partial charge is 0.387 e. The van der Waals surface area contributed by atoms with E-state index in [-0.39, 0.29) is 29.6 Å². The highest BCUT2D eigenvalue weighted by molar-refractivity contribution is 6.30. The number of allylic oxidation sites excluding steroid dienone is 3. The molecule has 2 fully saturated rings. The third-order valence-corrected chi connectivity index (χ3v) is 8.42. The Kier molecular flexibility index (Phi) is 4.78. The molecule has 0 bridgehead atoms. The summed E-state index contributed by atoms with van der Waals surface area (Å²) in [5, 5.41) is 11.3. The number of hydrogen-bond acceptors (Lipinski definition) is 2. The van der Waals surface area contributed by atoms with Gasteiger partial charge in [0.15, 0.2) is 5.78 Å².